The minimum absolute atomic E-state index is 0.0115. The molecule has 0 spiro atoms. The van der Waals surface area contributed by atoms with Gasteiger partial charge in [-0.15, -0.1) is 0 Å². The zero-order chi connectivity index (χ0) is 16.3. The molecule has 0 radical (unpaired) electrons. The first-order valence-corrected chi connectivity index (χ1v) is 7.98. The normalized spacial score (nSPS) is 22.5. The predicted octanol–water partition coefficient (Wildman–Crippen LogP) is 3.41. The molecule has 1 heterocycles. The lowest BCUT2D eigenvalue weighted by Crippen LogP contribution is -2.49. The average molecular weight is 364 g/mol. The van der Waals surface area contributed by atoms with Crippen LogP contribution in [0.2, 0.25) is 0 Å². The highest BCUT2D eigenvalue weighted by Gasteiger charge is 2.45. The highest BCUT2D eigenvalue weighted by atomic mass is 79.9. The summed E-state index contributed by atoms with van der Waals surface area (Å²) in [6.07, 6.45) is 3.08. The molecule has 0 unspecified atom stereocenters. The molecular weight excluding hydrogens is 338 g/mol. The van der Waals surface area contributed by atoms with Crippen LogP contribution in [-0.4, -0.2) is 46.7 Å². The lowest BCUT2D eigenvalue weighted by Gasteiger charge is -2.35. The van der Waals surface area contributed by atoms with Gasteiger partial charge in [0.15, 0.2) is 0 Å². The third-order valence-electron chi connectivity index (χ3n) is 3.18. The van der Waals surface area contributed by atoms with E-state index in [1.54, 1.807) is 4.90 Å². The molecule has 0 aromatic rings. The molecule has 122 valence electrons. The molecule has 1 rings (SSSR count). The van der Waals surface area contributed by atoms with Crippen molar-refractivity contribution in [2.45, 2.75) is 64.8 Å². The van der Waals surface area contributed by atoms with Crippen molar-refractivity contribution in [2.75, 3.05) is 13.2 Å². The van der Waals surface area contributed by atoms with Gasteiger partial charge in [0.2, 0.25) is 0 Å². The third-order valence-corrected chi connectivity index (χ3v) is 3.76. The van der Waals surface area contributed by atoms with Gasteiger partial charge < -0.3 is 14.6 Å². The minimum atomic E-state index is -0.662. The second kappa shape index (κ2) is 7.11. The van der Waals surface area contributed by atoms with Gasteiger partial charge in [-0.2, -0.15) is 0 Å². The molecule has 21 heavy (non-hydrogen) atoms. The Kier molecular flexibility index (Phi) is 6.25. The Morgan fingerprint density at radius 3 is 2.67 bits per heavy atom. The van der Waals surface area contributed by atoms with Gasteiger partial charge in [0.25, 0.3) is 0 Å². The molecular formula is C15H26BrNO4. The van der Waals surface area contributed by atoms with Crippen LogP contribution in [0.1, 0.15) is 47.5 Å². The molecule has 0 saturated carbocycles. The Labute approximate surface area is 135 Å². The van der Waals surface area contributed by atoms with Crippen LogP contribution < -0.4 is 0 Å². The van der Waals surface area contributed by atoms with Gasteiger partial charge in [0, 0.05) is 4.48 Å². The van der Waals surface area contributed by atoms with Crippen molar-refractivity contribution in [2.24, 2.45) is 0 Å². The Balaban J connectivity index is 2.73. The molecule has 1 aliphatic heterocycles. The monoisotopic (exact) mass is 363 g/mol. The van der Waals surface area contributed by atoms with Gasteiger partial charge in [-0.1, -0.05) is 22.0 Å². The van der Waals surface area contributed by atoms with Gasteiger partial charge in [-0.3, -0.25) is 4.90 Å². The van der Waals surface area contributed by atoms with Crippen LogP contribution in [0.25, 0.3) is 0 Å². The van der Waals surface area contributed by atoms with Gasteiger partial charge in [0.05, 0.1) is 19.3 Å². The standard InChI is InChI=1S/C15H26BrNO4/c1-14(2,3)21-13(19)17-12(10-20-15(17,4)5)8-6-7-11(16)9-18/h7,12,18H,6,8-10H2,1-5H3/b11-7-/t12-/m1/s1. The largest absolute Gasteiger partial charge is 0.444 e. The summed E-state index contributed by atoms with van der Waals surface area (Å²) in [4.78, 5) is 14.1. The fourth-order valence-corrected chi connectivity index (χ4v) is 2.50. The van der Waals surface area contributed by atoms with Crippen LogP contribution in [0.5, 0.6) is 0 Å². The number of ether oxygens (including phenoxy) is 2. The highest BCUT2D eigenvalue weighted by molar-refractivity contribution is 9.11. The molecule has 1 amide bonds. The van der Waals surface area contributed by atoms with Crippen LogP contribution in [0.3, 0.4) is 0 Å². The quantitative estimate of drug-likeness (QED) is 0.831. The second-order valence-electron chi connectivity index (χ2n) is 6.65. The van der Waals surface area contributed by atoms with Crippen molar-refractivity contribution in [3.63, 3.8) is 0 Å². The van der Waals surface area contributed by atoms with Crippen LogP contribution in [0.15, 0.2) is 10.6 Å². The summed E-state index contributed by atoms with van der Waals surface area (Å²) >= 11 is 3.27. The first-order valence-electron chi connectivity index (χ1n) is 7.18. The number of rotatable bonds is 4. The van der Waals surface area contributed by atoms with Gasteiger partial charge in [-0.05, 0) is 47.5 Å². The maximum absolute atomic E-state index is 12.4. The Morgan fingerprint density at radius 1 is 1.52 bits per heavy atom. The minimum Gasteiger partial charge on any atom is -0.444 e. The zero-order valence-corrected chi connectivity index (χ0v) is 15.1. The van der Waals surface area contributed by atoms with Gasteiger partial charge >= 0.3 is 6.09 Å². The van der Waals surface area contributed by atoms with E-state index in [1.165, 1.54) is 0 Å². The molecule has 0 bridgehead atoms. The van der Waals surface area contributed by atoms with Gasteiger partial charge in [0.1, 0.15) is 11.3 Å². The van der Waals surface area contributed by atoms with Crippen molar-refractivity contribution in [3.05, 3.63) is 10.6 Å². The van der Waals surface area contributed by atoms with Crippen LogP contribution in [0.4, 0.5) is 4.79 Å². The van der Waals surface area contributed by atoms with Crippen LogP contribution >= 0.6 is 15.9 Å². The summed E-state index contributed by atoms with van der Waals surface area (Å²) in [5, 5.41) is 8.95. The van der Waals surface area contributed by atoms with Crippen molar-refractivity contribution >= 4 is 22.0 Å². The number of nitrogens with zero attached hydrogens (tertiary/aromatic N) is 1. The average Bonchev–Trinajstić information content (AvgIpc) is 2.62. The van der Waals surface area contributed by atoms with Crippen LogP contribution in [-0.2, 0) is 9.47 Å². The molecule has 1 atom stereocenters. The zero-order valence-electron chi connectivity index (χ0n) is 13.5. The van der Waals surface area contributed by atoms with Gasteiger partial charge in [-0.25, -0.2) is 4.79 Å². The molecule has 0 aliphatic carbocycles. The molecule has 0 aromatic heterocycles. The molecule has 1 fully saturated rings. The molecule has 0 aromatic carbocycles. The third kappa shape index (κ3) is 5.60. The van der Waals surface area contributed by atoms with E-state index in [2.05, 4.69) is 15.9 Å². The lowest BCUT2D eigenvalue weighted by atomic mass is 10.1. The number of amides is 1. The summed E-state index contributed by atoms with van der Waals surface area (Å²) < 4.78 is 12.0. The Morgan fingerprint density at radius 2 is 2.14 bits per heavy atom. The van der Waals surface area contributed by atoms with Crippen LogP contribution in [0, 0.1) is 0 Å². The first kappa shape index (κ1) is 18.5. The maximum Gasteiger partial charge on any atom is 0.412 e. The number of halogens is 1. The van der Waals surface area contributed by atoms with E-state index in [4.69, 9.17) is 14.6 Å². The number of hydrogen-bond acceptors (Lipinski definition) is 4. The van der Waals surface area contributed by atoms with E-state index in [-0.39, 0.29) is 18.7 Å². The van der Waals surface area contributed by atoms with Crippen molar-refractivity contribution in [1.29, 1.82) is 0 Å². The summed E-state index contributed by atoms with van der Waals surface area (Å²) in [5.41, 5.74) is -1.19. The Hall–Kier alpha value is -0.590. The lowest BCUT2D eigenvalue weighted by molar-refractivity contribution is -0.0626. The molecule has 1 aliphatic rings. The fourth-order valence-electron chi connectivity index (χ4n) is 2.27. The first-order chi connectivity index (χ1) is 9.57. The number of carbonyl (C=O) groups excluding carboxylic acids is 1. The Bertz CT molecular complexity index is 401. The second-order valence-corrected chi connectivity index (χ2v) is 7.67. The molecule has 5 nitrogen and oxygen atoms in total. The summed E-state index contributed by atoms with van der Waals surface area (Å²) in [6.45, 7) is 9.78. The SMILES string of the molecule is CC(C)(C)OC(=O)N1[C@H](CC/C=C(\Br)CO)COC1(C)C. The number of aliphatic hydroxyl groups is 1. The number of aliphatic hydroxyl groups excluding tert-OH is 1. The smallest absolute Gasteiger partial charge is 0.412 e. The summed E-state index contributed by atoms with van der Waals surface area (Å²) in [7, 11) is 0. The fraction of sp³-hybridized carbons (Fsp3) is 0.800. The number of hydrogen-bond donors (Lipinski definition) is 1. The van der Waals surface area contributed by atoms with Crippen molar-refractivity contribution in [3.8, 4) is 0 Å². The van der Waals surface area contributed by atoms with E-state index >= 15 is 0 Å². The highest BCUT2D eigenvalue weighted by Crippen LogP contribution is 2.31. The predicted molar refractivity (Wildman–Crippen MR) is 85.2 cm³/mol. The molecule has 1 saturated heterocycles. The van der Waals surface area contributed by atoms with E-state index in [1.807, 2.05) is 40.7 Å². The van der Waals surface area contributed by atoms with E-state index in [0.29, 0.717) is 6.61 Å². The summed E-state index contributed by atoms with van der Waals surface area (Å²) in [5.74, 6) is 0. The van der Waals surface area contributed by atoms with Crippen molar-refractivity contribution < 1.29 is 19.4 Å². The molecule has 6 heteroatoms. The van der Waals surface area contributed by atoms with E-state index < -0.39 is 11.3 Å². The van der Waals surface area contributed by atoms with Crippen molar-refractivity contribution in [1.82, 2.24) is 4.90 Å². The van der Waals surface area contributed by atoms with E-state index in [0.717, 1.165) is 17.3 Å². The topological polar surface area (TPSA) is 59.0 Å². The van der Waals surface area contributed by atoms with E-state index in [9.17, 15) is 4.79 Å². The molecule has 1 N–H and O–H groups in total. The number of allylic oxidation sites excluding steroid dienone is 1. The number of carbonyl (C=O) groups is 1. The summed E-state index contributed by atoms with van der Waals surface area (Å²) in [6, 6.07) is -0.0231. The maximum atomic E-state index is 12.4.